The molecule has 0 aliphatic carbocycles. The van der Waals surface area contributed by atoms with Crippen molar-refractivity contribution in [1.82, 2.24) is 15.3 Å². The van der Waals surface area contributed by atoms with Gasteiger partial charge in [0.05, 0.1) is 12.6 Å². The molecule has 0 bridgehead atoms. The van der Waals surface area contributed by atoms with Crippen molar-refractivity contribution in [3.05, 3.63) is 48.0 Å². The lowest BCUT2D eigenvalue weighted by Gasteiger charge is -2.11. The monoisotopic (exact) mass is 245 g/mol. The van der Waals surface area contributed by atoms with Gasteiger partial charge in [-0.15, -0.1) is 0 Å². The molecule has 1 aromatic heterocycles. The number of H-pyrrole nitrogens is 1. The van der Waals surface area contributed by atoms with E-state index in [0.717, 1.165) is 18.1 Å². The van der Waals surface area contributed by atoms with Crippen LogP contribution in [0.5, 0.6) is 5.75 Å². The molecule has 0 fully saturated rings. The van der Waals surface area contributed by atoms with Crippen LogP contribution in [0.3, 0.4) is 0 Å². The molecular weight excluding hydrogens is 226 g/mol. The van der Waals surface area contributed by atoms with E-state index in [1.807, 2.05) is 25.3 Å². The van der Waals surface area contributed by atoms with Gasteiger partial charge in [-0.1, -0.05) is 12.1 Å². The predicted molar refractivity (Wildman–Crippen MR) is 71.5 cm³/mol. The summed E-state index contributed by atoms with van der Waals surface area (Å²) in [7, 11) is 0. The Morgan fingerprint density at radius 1 is 1.33 bits per heavy atom. The third-order valence-corrected chi connectivity index (χ3v) is 2.78. The molecule has 4 nitrogen and oxygen atoms in total. The van der Waals surface area contributed by atoms with Gasteiger partial charge < -0.3 is 15.0 Å². The van der Waals surface area contributed by atoms with Crippen molar-refractivity contribution in [2.24, 2.45) is 0 Å². The molecule has 0 saturated carbocycles. The molecule has 1 unspecified atom stereocenters. The number of aromatic amines is 1. The van der Waals surface area contributed by atoms with E-state index in [1.54, 1.807) is 6.20 Å². The summed E-state index contributed by atoms with van der Waals surface area (Å²) >= 11 is 0. The number of nitrogens with zero attached hydrogens (tertiary/aromatic N) is 1. The van der Waals surface area contributed by atoms with E-state index in [1.165, 1.54) is 5.56 Å². The van der Waals surface area contributed by atoms with Crippen LogP contribution in [0.2, 0.25) is 0 Å². The molecule has 0 saturated heterocycles. The highest BCUT2D eigenvalue weighted by Gasteiger charge is 2.06. The van der Waals surface area contributed by atoms with Crippen LogP contribution < -0.4 is 10.1 Å². The van der Waals surface area contributed by atoms with Crippen LogP contribution in [0.1, 0.15) is 31.3 Å². The number of rotatable bonds is 6. The first-order valence-electron chi connectivity index (χ1n) is 6.24. The second kappa shape index (κ2) is 6.21. The van der Waals surface area contributed by atoms with Crippen LogP contribution in [-0.4, -0.2) is 16.6 Å². The molecule has 0 spiro atoms. The van der Waals surface area contributed by atoms with Gasteiger partial charge in [0.1, 0.15) is 11.6 Å². The Labute approximate surface area is 107 Å². The number of hydrogen-bond acceptors (Lipinski definition) is 3. The Bertz CT molecular complexity index is 450. The number of hydrogen-bond donors (Lipinski definition) is 2. The molecule has 96 valence electrons. The predicted octanol–water partition coefficient (Wildman–Crippen LogP) is 2.66. The minimum atomic E-state index is 0.214. The van der Waals surface area contributed by atoms with Crippen LogP contribution in [0.25, 0.3) is 0 Å². The zero-order chi connectivity index (χ0) is 12.8. The third kappa shape index (κ3) is 3.34. The fourth-order valence-corrected chi connectivity index (χ4v) is 1.75. The summed E-state index contributed by atoms with van der Waals surface area (Å²) < 4.78 is 5.41. The second-order valence-corrected chi connectivity index (χ2v) is 4.15. The van der Waals surface area contributed by atoms with Gasteiger partial charge >= 0.3 is 0 Å². The molecule has 2 N–H and O–H groups in total. The lowest BCUT2D eigenvalue weighted by molar-refractivity contribution is 0.340. The Hall–Kier alpha value is -1.81. The highest BCUT2D eigenvalue weighted by molar-refractivity contribution is 5.27. The highest BCUT2D eigenvalue weighted by Crippen LogP contribution is 2.13. The van der Waals surface area contributed by atoms with E-state index in [4.69, 9.17) is 4.74 Å². The van der Waals surface area contributed by atoms with Gasteiger partial charge in [-0.05, 0) is 31.5 Å². The number of benzene rings is 1. The molecule has 0 aliphatic rings. The fraction of sp³-hybridized carbons (Fsp3) is 0.357. The van der Waals surface area contributed by atoms with Crippen LogP contribution >= 0.6 is 0 Å². The minimum Gasteiger partial charge on any atom is -0.494 e. The summed E-state index contributed by atoms with van der Waals surface area (Å²) in [6, 6.07) is 8.36. The molecule has 1 aromatic carbocycles. The summed E-state index contributed by atoms with van der Waals surface area (Å²) in [6.45, 7) is 5.59. The van der Waals surface area contributed by atoms with Crippen LogP contribution in [0.4, 0.5) is 0 Å². The zero-order valence-electron chi connectivity index (χ0n) is 10.8. The summed E-state index contributed by atoms with van der Waals surface area (Å²) in [5.74, 6) is 1.88. The number of ether oxygens (including phenoxy) is 1. The van der Waals surface area contributed by atoms with Gasteiger partial charge in [0.2, 0.25) is 0 Å². The van der Waals surface area contributed by atoms with Crippen molar-refractivity contribution < 1.29 is 4.74 Å². The van der Waals surface area contributed by atoms with Gasteiger partial charge in [-0.2, -0.15) is 0 Å². The van der Waals surface area contributed by atoms with Crippen molar-refractivity contribution in [3.8, 4) is 5.75 Å². The van der Waals surface area contributed by atoms with Crippen molar-refractivity contribution >= 4 is 0 Å². The Balaban J connectivity index is 1.86. The first-order chi connectivity index (χ1) is 8.79. The van der Waals surface area contributed by atoms with E-state index in [9.17, 15) is 0 Å². The van der Waals surface area contributed by atoms with E-state index in [-0.39, 0.29) is 6.04 Å². The molecule has 0 aliphatic heterocycles. The SMILES string of the molecule is CCOc1ccc(CNC(C)c2ncc[nH]2)cc1. The highest BCUT2D eigenvalue weighted by atomic mass is 16.5. The standard InChI is InChI=1S/C14H19N3O/c1-3-18-13-6-4-12(5-7-13)10-17-11(2)14-15-8-9-16-14/h4-9,11,17H,3,10H2,1-2H3,(H,15,16). The smallest absolute Gasteiger partial charge is 0.122 e. The number of nitrogens with one attached hydrogen (secondary N) is 2. The number of imidazole rings is 1. The Morgan fingerprint density at radius 2 is 2.11 bits per heavy atom. The average molecular weight is 245 g/mol. The molecule has 0 amide bonds. The quantitative estimate of drug-likeness (QED) is 0.822. The van der Waals surface area contributed by atoms with Crippen molar-refractivity contribution in [1.29, 1.82) is 0 Å². The zero-order valence-corrected chi connectivity index (χ0v) is 10.8. The first-order valence-corrected chi connectivity index (χ1v) is 6.24. The van der Waals surface area contributed by atoms with Gasteiger partial charge in [0.15, 0.2) is 0 Å². The van der Waals surface area contributed by atoms with Crippen molar-refractivity contribution in [2.45, 2.75) is 26.4 Å². The van der Waals surface area contributed by atoms with E-state index >= 15 is 0 Å². The lowest BCUT2D eigenvalue weighted by atomic mass is 10.2. The number of aromatic nitrogens is 2. The minimum absolute atomic E-state index is 0.214. The molecule has 18 heavy (non-hydrogen) atoms. The lowest BCUT2D eigenvalue weighted by Crippen LogP contribution is -2.19. The van der Waals surface area contributed by atoms with Gasteiger partial charge in [0, 0.05) is 18.9 Å². The van der Waals surface area contributed by atoms with Crippen LogP contribution in [0, 0.1) is 0 Å². The van der Waals surface area contributed by atoms with E-state index < -0.39 is 0 Å². The van der Waals surface area contributed by atoms with E-state index in [0.29, 0.717) is 6.61 Å². The van der Waals surface area contributed by atoms with Crippen molar-refractivity contribution in [3.63, 3.8) is 0 Å². The molecule has 1 heterocycles. The summed E-state index contributed by atoms with van der Waals surface area (Å²) in [5.41, 5.74) is 1.23. The van der Waals surface area contributed by atoms with Crippen molar-refractivity contribution in [2.75, 3.05) is 6.61 Å². The largest absolute Gasteiger partial charge is 0.494 e. The molecule has 1 atom stereocenters. The first kappa shape index (κ1) is 12.6. The molecule has 2 rings (SSSR count). The van der Waals surface area contributed by atoms with Crippen LogP contribution in [0.15, 0.2) is 36.7 Å². The summed E-state index contributed by atoms with van der Waals surface area (Å²) in [4.78, 5) is 7.33. The fourth-order valence-electron chi connectivity index (χ4n) is 1.75. The third-order valence-electron chi connectivity index (χ3n) is 2.78. The normalized spacial score (nSPS) is 12.3. The molecular formula is C14H19N3O. The van der Waals surface area contributed by atoms with Crippen LogP contribution in [-0.2, 0) is 6.54 Å². The maximum atomic E-state index is 5.41. The van der Waals surface area contributed by atoms with Gasteiger partial charge in [0.25, 0.3) is 0 Å². The Morgan fingerprint density at radius 3 is 2.72 bits per heavy atom. The second-order valence-electron chi connectivity index (χ2n) is 4.15. The Kier molecular flexibility index (Phi) is 4.36. The maximum absolute atomic E-state index is 5.41. The van der Waals surface area contributed by atoms with Gasteiger partial charge in [-0.25, -0.2) is 4.98 Å². The van der Waals surface area contributed by atoms with E-state index in [2.05, 4.69) is 34.3 Å². The topological polar surface area (TPSA) is 49.9 Å². The van der Waals surface area contributed by atoms with Gasteiger partial charge in [-0.3, -0.25) is 0 Å². The maximum Gasteiger partial charge on any atom is 0.122 e. The summed E-state index contributed by atoms with van der Waals surface area (Å²) in [6.07, 6.45) is 3.61. The summed E-state index contributed by atoms with van der Waals surface area (Å²) in [5, 5.41) is 3.42. The molecule has 4 heteroatoms. The average Bonchev–Trinajstić information content (AvgIpc) is 2.92. The molecule has 0 radical (unpaired) electrons. The molecule has 2 aromatic rings.